The molecular weight excluding hydrogens is 260 g/mol. The van der Waals surface area contributed by atoms with E-state index in [0.29, 0.717) is 6.04 Å². The molecule has 0 aliphatic heterocycles. The monoisotopic (exact) mass is 278 g/mol. The average Bonchev–Trinajstić information content (AvgIpc) is 2.81. The van der Waals surface area contributed by atoms with Gasteiger partial charge < -0.3 is 9.88 Å². The average molecular weight is 278 g/mol. The second kappa shape index (κ2) is 6.08. The fourth-order valence-electron chi connectivity index (χ4n) is 1.62. The Labute approximate surface area is 116 Å². The van der Waals surface area contributed by atoms with Crippen LogP contribution in [0.15, 0.2) is 23.1 Å². The summed E-state index contributed by atoms with van der Waals surface area (Å²) < 4.78 is 1.54. The Bertz CT molecular complexity index is 603. The second-order valence-corrected chi connectivity index (χ2v) is 5.79. The topological polar surface area (TPSA) is 59.8 Å². The zero-order valence-corrected chi connectivity index (χ0v) is 12.2. The van der Waals surface area contributed by atoms with Gasteiger partial charge in [0, 0.05) is 43.9 Å². The number of nitrogens with zero attached hydrogens (tertiary/aromatic N) is 3. The van der Waals surface area contributed by atoms with Gasteiger partial charge in [-0.1, -0.05) is 25.2 Å². The summed E-state index contributed by atoms with van der Waals surface area (Å²) >= 11 is 1.54. The number of aryl methyl sites for hydroxylation is 1. The molecule has 0 aliphatic carbocycles. The van der Waals surface area contributed by atoms with Crippen LogP contribution in [0.25, 0.3) is 10.6 Å². The molecule has 0 aliphatic rings. The van der Waals surface area contributed by atoms with E-state index in [1.807, 2.05) is 6.07 Å². The molecule has 2 rings (SSSR count). The highest BCUT2D eigenvalue weighted by atomic mass is 32.1. The number of aromatic nitrogens is 3. The third kappa shape index (κ3) is 3.71. The van der Waals surface area contributed by atoms with Gasteiger partial charge in [0.2, 0.25) is 0 Å². The van der Waals surface area contributed by atoms with Crippen molar-refractivity contribution in [3.63, 3.8) is 0 Å². The van der Waals surface area contributed by atoms with E-state index >= 15 is 0 Å². The van der Waals surface area contributed by atoms with Gasteiger partial charge in [-0.05, 0) is 6.07 Å². The van der Waals surface area contributed by atoms with Crippen LogP contribution in [0.4, 0.5) is 0 Å². The highest BCUT2D eigenvalue weighted by Crippen LogP contribution is 2.22. The lowest BCUT2D eigenvalue weighted by Gasteiger charge is -2.05. The Kier molecular flexibility index (Phi) is 4.44. The largest absolute Gasteiger partial charge is 0.319 e. The predicted molar refractivity (Wildman–Crippen MR) is 77.4 cm³/mol. The zero-order chi connectivity index (χ0) is 13.8. The standard InChI is InChI=1S/C13H18N4OS/c1-9(2)14-6-4-11-15-16-13(19-11)10-5-7-17(3)12(18)8-10/h5,7-9,14H,4,6H2,1-3H3. The fourth-order valence-corrected chi connectivity index (χ4v) is 2.46. The first-order valence-electron chi connectivity index (χ1n) is 6.29. The van der Waals surface area contributed by atoms with Crippen molar-refractivity contribution in [2.24, 2.45) is 7.05 Å². The van der Waals surface area contributed by atoms with E-state index in [1.165, 1.54) is 4.57 Å². The number of hydrogen-bond acceptors (Lipinski definition) is 5. The maximum Gasteiger partial charge on any atom is 0.250 e. The summed E-state index contributed by atoms with van der Waals surface area (Å²) in [5.41, 5.74) is 0.805. The molecule has 0 atom stereocenters. The Hall–Kier alpha value is -1.53. The predicted octanol–water partition coefficient (Wildman–Crippen LogP) is 1.44. The fraction of sp³-hybridized carbons (Fsp3) is 0.462. The van der Waals surface area contributed by atoms with E-state index in [9.17, 15) is 4.79 Å². The molecule has 0 bridgehead atoms. The van der Waals surface area contributed by atoms with Crippen molar-refractivity contribution in [2.75, 3.05) is 6.54 Å². The molecule has 2 heterocycles. The molecule has 0 unspecified atom stereocenters. The third-order valence-electron chi connectivity index (χ3n) is 2.71. The van der Waals surface area contributed by atoms with Crippen molar-refractivity contribution in [1.29, 1.82) is 0 Å². The Balaban J connectivity index is 2.07. The summed E-state index contributed by atoms with van der Waals surface area (Å²) in [5.74, 6) is 0. The first kappa shape index (κ1) is 13.9. The summed E-state index contributed by atoms with van der Waals surface area (Å²) in [6, 6.07) is 3.96. The van der Waals surface area contributed by atoms with Gasteiger partial charge >= 0.3 is 0 Å². The molecule has 0 radical (unpaired) electrons. The second-order valence-electron chi connectivity index (χ2n) is 4.72. The molecule has 2 aromatic heterocycles. The molecule has 0 fully saturated rings. The van der Waals surface area contributed by atoms with Crippen molar-refractivity contribution in [1.82, 2.24) is 20.1 Å². The van der Waals surface area contributed by atoms with Crippen molar-refractivity contribution in [3.05, 3.63) is 33.7 Å². The van der Waals surface area contributed by atoms with Crippen LogP contribution in [0.3, 0.4) is 0 Å². The summed E-state index contributed by atoms with van der Waals surface area (Å²) in [4.78, 5) is 11.6. The van der Waals surface area contributed by atoms with E-state index in [2.05, 4.69) is 29.4 Å². The maximum atomic E-state index is 11.6. The summed E-state index contributed by atoms with van der Waals surface area (Å²) in [5, 5.41) is 13.4. The molecular formula is C13H18N4OS. The van der Waals surface area contributed by atoms with Gasteiger partial charge in [0.15, 0.2) is 0 Å². The Morgan fingerprint density at radius 2 is 2.21 bits per heavy atom. The molecule has 0 saturated heterocycles. The van der Waals surface area contributed by atoms with Gasteiger partial charge in [0.1, 0.15) is 10.0 Å². The van der Waals surface area contributed by atoms with Gasteiger partial charge in [-0.2, -0.15) is 0 Å². The van der Waals surface area contributed by atoms with Crippen LogP contribution in [0.1, 0.15) is 18.9 Å². The zero-order valence-electron chi connectivity index (χ0n) is 11.4. The summed E-state index contributed by atoms with van der Waals surface area (Å²) in [6.45, 7) is 5.12. The summed E-state index contributed by atoms with van der Waals surface area (Å²) in [7, 11) is 1.73. The molecule has 1 N–H and O–H groups in total. The summed E-state index contributed by atoms with van der Waals surface area (Å²) in [6.07, 6.45) is 2.61. The van der Waals surface area contributed by atoms with Crippen molar-refractivity contribution in [3.8, 4) is 10.6 Å². The third-order valence-corrected chi connectivity index (χ3v) is 3.74. The van der Waals surface area contributed by atoms with Crippen LogP contribution in [0.2, 0.25) is 0 Å². The van der Waals surface area contributed by atoms with Crippen molar-refractivity contribution < 1.29 is 0 Å². The van der Waals surface area contributed by atoms with Gasteiger partial charge in [0.05, 0.1) is 0 Å². The van der Waals surface area contributed by atoms with Crippen LogP contribution >= 0.6 is 11.3 Å². The van der Waals surface area contributed by atoms with Crippen LogP contribution in [0.5, 0.6) is 0 Å². The minimum absolute atomic E-state index is 0.0317. The SMILES string of the molecule is CC(C)NCCc1nnc(-c2ccn(C)c(=O)c2)s1. The number of hydrogen-bond donors (Lipinski definition) is 1. The smallest absolute Gasteiger partial charge is 0.250 e. The highest BCUT2D eigenvalue weighted by Gasteiger charge is 2.07. The Morgan fingerprint density at radius 1 is 1.42 bits per heavy atom. The molecule has 0 aromatic carbocycles. The lowest BCUT2D eigenvalue weighted by Crippen LogP contribution is -2.24. The molecule has 0 saturated carbocycles. The highest BCUT2D eigenvalue weighted by molar-refractivity contribution is 7.14. The maximum absolute atomic E-state index is 11.6. The molecule has 0 amide bonds. The van der Waals surface area contributed by atoms with Crippen LogP contribution in [-0.2, 0) is 13.5 Å². The first-order valence-corrected chi connectivity index (χ1v) is 7.10. The normalized spacial score (nSPS) is 11.2. The molecule has 6 heteroatoms. The minimum Gasteiger partial charge on any atom is -0.319 e. The van der Waals surface area contributed by atoms with Crippen molar-refractivity contribution >= 4 is 11.3 Å². The van der Waals surface area contributed by atoms with E-state index in [1.54, 1.807) is 30.6 Å². The molecule has 0 spiro atoms. The number of pyridine rings is 1. The van der Waals surface area contributed by atoms with Gasteiger partial charge in [0.25, 0.3) is 5.56 Å². The van der Waals surface area contributed by atoms with Gasteiger partial charge in [-0.3, -0.25) is 4.79 Å². The van der Waals surface area contributed by atoms with E-state index < -0.39 is 0 Å². The number of nitrogens with one attached hydrogen (secondary N) is 1. The molecule has 19 heavy (non-hydrogen) atoms. The minimum atomic E-state index is -0.0317. The van der Waals surface area contributed by atoms with E-state index in [-0.39, 0.29) is 5.56 Å². The molecule has 102 valence electrons. The van der Waals surface area contributed by atoms with Crippen molar-refractivity contribution in [2.45, 2.75) is 26.3 Å². The van der Waals surface area contributed by atoms with Crippen LogP contribution < -0.4 is 10.9 Å². The van der Waals surface area contributed by atoms with Crippen LogP contribution in [0, 0.1) is 0 Å². The molecule has 2 aromatic rings. The van der Waals surface area contributed by atoms with Crippen LogP contribution in [-0.4, -0.2) is 27.4 Å². The van der Waals surface area contributed by atoms with E-state index in [4.69, 9.17) is 0 Å². The lowest BCUT2D eigenvalue weighted by atomic mass is 10.3. The quantitative estimate of drug-likeness (QED) is 0.899. The number of rotatable bonds is 5. The van der Waals surface area contributed by atoms with Gasteiger partial charge in [-0.15, -0.1) is 10.2 Å². The van der Waals surface area contributed by atoms with Gasteiger partial charge in [-0.25, -0.2) is 0 Å². The van der Waals surface area contributed by atoms with E-state index in [0.717, 1.165) is 28.5 Å². The lowest BCUT2D eigenvalue weighted by molar-refractivity contribution is 0.588. The first-order chi connectivity index (χ1) is 9.06. The Morgan fingerprint density at radius 3 is 2.89 bits per heavy atom. The molecule has 5 nitrogen and oxygen atoms in total.